The van der Waals surface area contributed by atoms with Crippen molar-refractivity contribution in [1.82, 2.24) is 20.4 Å². The van der Waals surface area contributed by atoms with Crippen LogP contribution in [0.2, 0.25) is 0 Å². The van der Waals surface area contributed by atoms with Crippen molar-refractivity contribution < 1.29 is 9.32 Å². The third-order valence-electron chi connectivity index (χ3n) is 4.98. The van der Waals surface area contributed by atoms with Crippen LogP contribution in [-0.2, 0) is 5.75 Å². The number of likely N-dealkylation sites (tertiary alicyclic amines) is 1. The van der Waals surface area contributed by atoms with Crippen LogP contribution in [0.3, 0.4) is 0 Å². The maximum absolute atomic E-state index is 12.6. The molecule has 2 aromatic heterocycles. The fraction of sp³-hybridized carbons (Fsp3) is 0.571. The highest BCUT2D eigenvalue weighted by molar-refractivity contribution is 7.98. The quantitative estimate of drug-likeness (QED) is 0.506. The normalized spacial score (nSPS) is 17.6. The summed E-state index contributed by atoms with van der Waals surface area (Å²) in [6.45, 7) is 8.47. The molecule has 0 spiro atoms. The van der Waals surface area contributed by atoms with E-state index in [-0.39, 0.29) is 5.91 Å². The van der Waals surface area contributed by atoms with Crippen LogP contribution < -0.4 is 5.32 Å². The smallest absolute Gasteiger partial charge is 0.254 e. The summed E-state index contributed by atoms with van der Waals surface area (Å²) in [4.78, 5) is 19.5. The zero-order valence-corrected chi connectivity index (χ0v) is 17.6. The Labute approximate surface area is 171 Å². The molecule has 1 amide bonds. The molecule has 1 fully saturated rings. The molecule has 152 valence electrons. The Morgan fingerprint density at radius 3 is 3.11 bits per heavy atom. The number of thioether (sulfide) groups is 1. The SMILES string of the molecule is Cc1cc(CSc2ncccc2C(=O)NCCCCN2CCC[C@@H](C)C2)no1. The monoisotopic (exact) mass is 402 g/mol. The van der Waals surface area contributed by atoms with Gasteiger partial charge in [-0.3, -0.25) is 4.79 Å². The van der Waals surface area contributed by atoms with E-state index in [1.54, 1.807) is 12.3 Å². The van der Waals surface area contributed by atoms with E-state index < -0.39 is 0 Å². The Kier molecular flexibility index (Phi) is 7.91. The molecule has 3 heterocycles. The number of pyridine rings is 1. The van der Waals surface area contributed by atoms with Gasteiger partial charge in [0.25, 0.3) is 5.91 Å². The number of nitrogens with zero attached hydrogens (tertiary/aromatic N) is 3. The molecule has 1 atom stereocenters. The van der Waals surface area contributed by atoms with Crippen LogP contribution in [0.15, 0.2) is 33.9 Å². The average Bonchev–Trinajstić information content (AvgIpc) is 3.11. The first kappa shape index (κ1) is 20.9. The molecule has 0 saturated carbocycles. The predicted molar refractivity (Wildman–Crippen MR) is 111 cm³/mol. The highest BCUT2D eigenvalue weighted by Crippen LogP contribution is 2.24. The number of carbonyl (C=O) groups excluding carboxylic acids is 1. The van der Waals surface area contributed by atoms with E-state index in [0.717, 1.165) is 41.8 Å². The maximum atomic E-state index is 12.6. The third-order valence-corrected chi connectivity index (χ3v) is 6.02. The summed E-state index contributed by atoms with van der Waals surface area (Å²) in [5.41, 5.74) is 1.48. The van der Waals surface area contributed by atoms with E-state index in [0.29, 0.717) is 17.9 Å². The molecule has 3 rings (SSSR count). The standard InChI is InChI=1S/C21H30N4O2S/c1-16-7-6-12-25(14-16)11-4-3-9-22-20(26)19-8-5-10-23-21(19)28-15-18-13-17(2)27-24-18/h5,8,10,13,16H,3-4,6-7,9,11-12,14-15H2,1-2H3,(H,22,26)/t16-/m1/s1. The molecule has 2 aromatic rings. The Hall–Kier alpha value is -1.86. The number of amides is 1. The van der Waals surface area contributed by atoms with Crippen molar-refractivity contribution in [2.24, 2.45) is 5.92 Å². The lowest BCUT2D eigenvalue weighted by Crippen LogP contribution is -2.35. The van der Waals surface area contributed by atoms with Crippen molar-refractivity contribution in [2.75, 3.05) is 26.2 Å². The summed E-state index contributed by atoms with van der Waals surface area (Å²) in [6, 6.07) is 5.53. The van der Waals surface area contributed by atoms with Crippen LogP contribution in [0, 0.1) is 12.8 Å². The molecule has 0 aliphatic carbocycles. The second-order valence-corrected chi connectivity index (χ2v) is 8.55. The van der Waals surface area contributed by atoms with Gasteiger partial charge in [-0.25, -0.2) is 4.98 Å². The first-order valence-corrected chi connectivity index (χ1v) is 11.1. The number of nitrogens with one attached hydrogen (secondary N) is 1. The van der Waals surface area contributed by atoms with Crippen LogP contribution in [0.1, 0.15) is 54.4 Å². The highest BCUT2D eigenvalue weighted by Gasteiger charge is 2.16. The molecule has 6 nitrogen and oxygen atoms in total. The molecule has 0 radical (unpaired) electrons. The number of aromatic nitrogens is 2. The minimum absolute atomic E-state index is 0.0569. The van der Waals surface area contributed by atoms with Crippen LogP contribution in [-0.4, -0.2) is 47.1 Å². The van der Waals surface area contributed by atoms with Gasteiger partial charge in [-0.1, -0.05) is 23.8 Å². The molecule has 0 aromatic carbocycles. The summed E-state index contributed by atoms with van der Waals surface area (Å²) < 4.78 is 5.09. The molecule has 7 heteroatoms. The van der Waals surface area contributed by atoms with E-state index in [4.69, 9.17) is 4.52 Å². The van der Waals surface area contributed by atoms with Gasteiger partial charge in [0, 0.05) is 31.1 Å². The van der Waals surface area contributed by atoms with E-state index in [1.165, 1.54) is 37.7 Å². The summed E-state index contributed by atoms with van der Waals surface area (Å²) in [6.07, 6.45) is 6.50. The number of hydrogen-bond acceptors (Lipinski definition) is 6. The predicted octanol–water partition coefficient (Wildman–Crippen LogP) is 3.91. The number of unbranched alkanes of at least 4 members (excludes halogenated alkanes) is 1. The lowest BCUT2D eigenvalue weighted by Gasteiger charge is -2.30. The number of rotatable bonds is 9. The first-order valence-electron chi connectivity index (χ1n) is 10.1. The lowest BCUT2D eigenvalue weighted by atomic mass is 10.0. The molecule has 1 aliphatic heterocycles. The van der Waals surface area contributed by atoms with E-state index in [9.17, 15) is 4.79 Å². The lowest BCUT2D eigenvalue weighted by molar-refractivity contribution is 0.0948. The van der Waals surface area contributed by atoms with E-state index >= 15 is 0 Å². The summed E-state index contributed by atoms with van der Waals surface area (Å²) in [7, 11) is 0. The molecule has 0 bridgehead atoms. The zero-order valence-electron chi connectivity index (χ0n) is 16.8. The van der Waals surface area contributed by atoms with Gasteiger partial charge < -0.3 is 14.7 Å². The Balaban J connectivity index is 1.41. The molecule has 28 heavy (non-hydrogen) atoms. The van der Waals surface area contributed by atoms with Gasteiger partial charge >= 0.3 is 0 Å². The fourth-order valence-corrected chi connectivity index (χ4v) is 4.43. The maximum Gasteiger partial charge on any atom is 0.254 e. The summed E-state index contributed by atoms with van der Waals surface area (Å²) in [5.74, 6) is 2.17. The number of carbonyl (C=O) groups is 1. The molecular formula is C21H30N4O2S. The minimum Gasteiger partial charge on any atom is -0.361 e. The number of aryl methyl sites for hydroxylation is 1. The third kappa shape index (κ3) is 6.34. The zero-order chi connectivity index (χ0) is 19.8. The second-order valence-electron chi connectivity index (χ2n) is 7.58. The molecule has 1 aliphatic rings. The van der Waals surface area contributed by atoms with E-state index in [1.807, 2.05) is 19.1 Å². The number of hydrogen-bond donors (Lipinski definition) is 1. The van der Waals surface area contributed by atoms with Gasteiger partial charge in [0.2, 0.25) is 0 Å². The fourth-order valence-electron chi connectivity index (χ4n) is 3.55. The van der Waals surface area contributed by atoms with Crippen molar-refractivity contribution in [3.8, 4) is 0 Å². The Morgan fingerprint density at radius 1 is 1.43 bits per heavy atom. The summed E-state index contributed by atoms with van der Waals surface area (Å²) in [5, 5.41) is 7.76. The van der Waals surface area contributed by atoms with Crippen molar-refractivity contribution in [2.45, 2.75) is 50.3 Å². The van der Waals surface area contributed by atoms with Crippen LogP contribution >= 0.6 is 11.8 Å². The molecule has 1 saturated heterocycles. The number of piperidine rings is 1. The highest BCUT2D eigenvalue weighted by atomic mass is 32.2. The van der Waals surface area contributed by atoms with Crippen molar-refractivity contribution in [3.05, 3.63) is 41.4 Å². The second kappa shape index (κ2) is 10.6. The summed E-state index contributed by atoms with van der Waals surface area (Å²) >= 11 is 1.50. The topological polar surface area (TPSA) is 71.3 Å². The van der Waals surface area contributed by atoms with Gasteiger partial charge in [-0.05, 0) is 63.7 Å². The molecule has 1 N–H and O–H groups in total. The van der Waals surface area contributed by atoms with Gasteiger partial charge in [0.1, 0.15) is 10.8 Å². The van der Waals surface area contributed by atoms with E-state index in [2.05, 4.69) is 27.3 Å². The van der Waals surface area contributed by atoms with Crippen molar-refractivity contribution in [3.63, 3.8) is 0 Å². The Morgan fingerprint density at radius 2 is 2.32 bits per heavy atom. The van der Waals surface area contributed by atoms with Crippen LogP contribution in [0.5, 0.6) is 0 Å². The van der Waals surface area contributed by atoms with Gasteiger partial charge in [-0.15, -0.1) is 0 Å². The van der Waals surface area contributed by atoms with Gasteiger partial charge in [0.05, 0.1) is 11.3 Å². The first-order chi connectivity index (χ1) is 13.6. The van der Waals surface area contributed by atoms with Gasteiger partial charge in [-0.2, -0.15) is 0 Å². The van der Waals surface area contributed by atoms with Crippen LogP contribution in [0.25, 0.3) is 0 Å². The average molecular weight is 403 g/mol. The Bertz CT molecular complexity index is 764. The molecule has 0 unspecified atom stereocenters. The molecular weight excluding hydrogens is 372 g/mol. The largest absolute Gasteiger partial charge is 0.361 e. The minimum atomic E-state index is -0.0569. The van der Waals surface area contributed by atoms with Crippen molar-refractivity contribution >= 4 is 17.7 Å². The van der Waals surface area contributed by atoms with Gasteiger partial charge in [0.15, 0.2) is 0 Å². The van der Waals surface area contributed by atoms with Crippen LogP contribution in [0.4, 0.5) is 0 Å². The van der Waals surface area contributed by atoms with Crippen molar-refractivity contribution in [1.29, 1.82) is 0 Å².